The number of benzene rings is 1. The van der Waals surface area contributed by atoms with Gasteiger partial charge in [-0.25, -0.2) is 13.1 Å². The van der Waals surface area contributed by atoms with Gasteiger partial charge in [0.1, 0.15) is 0 Å². The van der Waals surface area contributed by atoms with Crippen LogP contribution in [0.4, 0.5) is 0 Å². The van der Waals surface area contributed by atoms with E-state index in [0.717, 1.165) is 17.5 Å². The van der Waals surface area contributed by atoms with E-state index in [-0.39, 0.29) is 12.5 Å². The third kappa shape index (κ3) is 5.77. The van der Waals surface area contributed by atoms with E-state index in [1.54, 1.807) is 19.1 Å². The van der Waals surface area contributed by atoms with Crippen LogP contribution in [0.25, 0.3) is 0 Å². The summed E-state index contributed by atoms with van der Waals surface area (Å²) in [5.74, 6) is 0.641. The zero-order valence-electron chi connectivity index (χ0n) is 13.4. The van der Waals surface area contributed by atoms with Gasteiger partial charge in [-0.2, -0.15) is 0 Å². The van der Waals surface area contributed by atoms with Crippen LogP contribution >= 0.6 is 0 Å². The molecule has 5 heteroatoms. The summed E-state index contributed by atoms with van der Waals surface area (Å²) in [5, 5.41) is 9.09. The minimum absolute atomic E-state index is 0.0860. The van der Waals surface area contributed by atoms with Gasteiger partial charge in [0.2, 0.25) is 10.0 Å². The molecule has 0 fully saturated rings. The number of aliphatic hydroxyl groups excluding tert-OH is 1. The third-order valence-corrected chi connectivity index (χ3v) is 5.11. The first-order valence-corrected chi connectivity index (χ1v) is 8.92. The number of rotatable bonds is 8. The molecule has 1 unspecified atom stereocenters. The number of aryl methyl sites for hydroxylation is 2. The van der Waals surface area contributed by atoms with Crippen molar-refractivity contribution in [2.24, 2.45) is 11.8 Å². The minimum Gasteiger partial charge on any atom is -0.396 e. The second-order valence-electron chi connectivity index (χ2n) is 6.13. The lowest BCUT2D eigenvalue weighted by Crippen LogP contribution is -2.31. The molecule has 0 aliphatic rings. The van der Waals surface area contributed by atoms with Gasteiger partial charge in [-0.15, -0.1) is 0 Å². The Morgan fingerprint density at radius 1 is 1.24 bits per heavy atom. The van der Waals surface area contributed by atoms with E-state index in [9.17, 15) is 8.42 Å². The Bertz CT molecular complexity index is 553. The van der Waals surface area contributed by atoms with Crippen LogP contribution < -0.4 is 4.72 Å². The van der Waals surface area contributed by atoms with E-state index in [4.69, 9.17) is 5.11 Å². The van der Waals surface area contributed by atoms with E-state index in [2.05, 4.69) is 18.6 Å². The summed E-state index contributed by atoms with van der Waals surface area (Å²) in [7, 11) is -3.49. The van der Waals surface area contributed by atoms with Crippen molar-refractivity contribution in [2.45, 2.75) is 45.4 Å². The summed E-state index contributed by atoms with van der Waals surface area (Å²) in [4.78, 5) is 0.334. The van der Waals surface area contributed by atoms with Crippen LogP contribution in [-0.2, 0) is 10.0 Å². The van der Waals surface area contributed by atoms with E-state index in [0.29, 0.717) is 23.8 Å². The Balaban J connectivity index is 2.79. The summed E-state index contributed by atoms with van der Waals surface area (Å²) >= 11 is 0. The van der Waals surface area contributed by atoms with Gasteiger partial charge in [-0.05, 0) is 50.2 Å². The molecular weight excluding hydrogens is 286 g/mol. The summed E-state index contributed by atoms with van der Waals surface area (Å²) in [5.41, 5.74) is 1.80. The molecule has 120 valence electrons. The second kappa shape index (κ2) is 7.92. The first-order valence-electron chi connectivity index (χ1n) is 7.44. The Morgan fingerprint density at radius 3 is 2.43 bits per heavy atom. The molecule has 4 nitrogen and oxygen atoms in total. The molecule has 1 atom stereocenters. The van der Waals surface area contributed by atoms with Crippen LogP contribution in [-0.4, -0.2) is 26.7 Å². The molecular formula is C16H27NO3S. The number of aliphatic hydroxyl groups is 1. The van der Waals surface area contributed by atoms with E-state index in [1.807, 2.05) is 13.0 Å². The SMILES string of the molecule is Cc1ccc(S(=O)(=O)NCC(CCO)CC(C)C)c(C)c1. The zero-order valence-corrected chi connectivity index (χ0v) is 14.2. The predicted molar refractivity (Wildman–Crippen MR) is 85.8 cm³/mol. The molecule has 21 heavy (non-hydrogen) atoms. The highest BCUT2D eigenvalue weighted by molar-refractivity contribution is 7.89. The monoisotopic (exact) mass is 313 g/mol. The van der Waals surface area contributed by atoms with Gasteiger partial charge in [0.25, 0.3) is 0 Å². The molecule has 0 aliphatic heterocycles. The zero-order chi connectivity index (χ0) is 16.0. The van der Waals surface area contributed by atoms with Crippen molar-refractivity contribution in [2.75, 3.05) is 13.2 Å². The van der Waals surface area contributed by atoms with Crippen molar-refractivity contribution in [1.82, 2.24) is 4.72 Å². The molecule has 0 aliphatic carbocycles. The largest absolute Gasteiger partial charge is 0.396 e. The highest BCUT2D eigenvalue weighted by Gasteiger charge is 2.19. The molecule has 0 bridgehead atoms. The maximum Gasteiger partial charge on any atom is 0.240 e. The average Bonchev–Trinajstić information content (AvgIpc) is 2.35. The lowest BCUT2D eigenvalue weighted by atomic mass is 9.95. The molecule has 0 amide bonds. The highest BCUT2D eigenvalue weighted by Crippen LogP contribution is 2.18. The van der Waals surface area contributed by atoms with Gasteiger partial charge in [-0.3, -0.25) is 0 Å². The Labute approximate surface area is 128 Å². The molecule has 2 N–H and O–H groups in total. The maximum absolute atomic E-state index is 12.4. The maximum atomic E-state index is 12.4. The van der Waals surface area contributed by atoms with Gasteiger partial charge in [-0.1, -0.05) is 31.5 Å². The molecule has 0 saturated carbocycles. The van der Waals surface area contributed by atoms with E-state index < -0.39 is 10.0 Å². The van der Waals surface area contributed by atoms with Crippen molar-refractivity contribution in [3.05, 3.63) is 29.3 Å². The highest BCUT2D eigenvalue weighted by atomic mass is 32.2. The van der Waals surface area contributed by atoms with Crippen molar-refractivity contribution in [3.63, 3.8) is 0 Å². The van der Waals surface area contributed by atoms with Crippen LogP contribution in [0.15, 0.2) is 23.1 Å². The van der Waals surface area contributed by atoms with E-state index >= 15 is 0 Å². The number of hydrogen-bond acceptors (Lipinski definition) is 3. The summed E-state index contributed by atoms with van der Waals surface area (Å²) in [6.45, 7) is 8.40. The quantitative estimate of drug-likeness (QED) is 0.775. The standard InChI is InChI=1S/C16H27NO3S/c1-12(2)9-15(7-8-18)11-17-21(19,20)16-6-5-13(3)10-14(16)4/h5-6,10,12,15,17-18H,7-9,11H2,1-4H3. The van der Waals surface area contributed by atoms with Gasteiger partial charge in [0, 0.05) is 13.2 Å². The van der Waals surface area contributed by atoms with Crippen LogP contribution in [0, 0.1) is 25.7 Å². The van der Waals surface area contributed by atoms with Crippen molar-refractivity contribution >= 4 is 10.0 Å². The fraction of sp³-hybridized carbons (Fsp3) is 0.625. The lowest BCUT2D eigenvalue weighted by Gasteiger charge is -2.19. The molecule has 0 heterocycles. The number of hydrogen-bond donors (Lipinski definition) is 2. The first kappa shape index (κ1) is 18.1. The third-order valence-electron chi connectivity index (χ3n) is 3.52. The molecule has 1 aromatic rings. The Hall–Kier alpha value is -0.910. The van der Waals surface area contributed by atoms with Crippen LogP contribution in [0.1, 0.15) is 37.8 Å². The first-order chi connectivity index (χ1) is 9.76. The van der Waals surface area contributed by atoms with E-state index in [1.165, 1.54) is 0 Å². The molecule has 0 aromatic heterocycles. The molecule has 0 spiro atoms. The lowest BCUT2D eigenvalue weighted by molar-refractivity contribution is 0.243. The summed E-state index contributed by atoms with van der Waals surface area (Å²) in [6.07, 6.45) is 1.52. The van der Waals surface area contributed by atoms with Crippen LogP contribution in [0.2, 0.25) is 0 Å². The molecule has 1 rings (SSSR count). The minimum atomic E-state index is -3.49. The predicted octanol–water partition coefficient (Wildman–Crippen LogP) is 2.63. The van der Waals surface area contributed by atoms with Crippen LogP contribution in [0.5, 0.6) is 0 Å². The van der Waals surface area contributed by atoms with Crippen LogP contribution in [0.3, 0.4) is 0 Å². The average molecular weight is 313 g/mol. The number of sulfonamides is 1. The van der Waals surface area contributed by atoms with Gasteiger partial charge in [0.05, 0.1) is 4.90 Å². The number of nitrogens with one attached hydrogen (secondary N) is 1. The van der Waals surface area contributed by atoms with Crippen molar-refractivity contribution in [3.8, 4) is 0 Å². The summed E-state index contributed by atoms with van der Waals surface area (Å²) in [6, 6.07) is 5.32. The molecule has 0 radical (unpaired) electrons. The van der Waals surface area contributed by atoms with Gasteiger partial charge < -0.3 is 5.11 Å². The smallest absolute Gasteiger partial charge is 0.240 e. The van der Waals surface area contributed by atoms with Crippen molar-refractivity contribution < 1.29 is 13.5 Å². The second-order valence-corrected chi connectivity index (χ2v) is 7.86. The topological polar surface area (TPSA) is 66.4 Å². The Morgan fingerprint density at radius 2 is 1.90 bits per heavy atom. The molecule has 0 saturated heterocycles. The van der Waals surface area contributed by atoms with Crippen molar-refractivity contribution in [1.29, 1.82) is 0 Å². The fourth-order valence-corrected chi connectivity index (χ4v) is 3.90. The normalized spacial score (nSPS) is 13.6. The fourth-order valence-electron chi connectivity index (χ4n) is 2.56. The van der Waals surface area contributed by atoms with Gasteiger partial charge in [0.15, 0.2) is 0 Å². The molecule has 1 aromatic carbocycles. The Kier molecular flexibility index (Phi) is 6.84. The summed E-state index contributed by atoms with van der Waals surface area (Å²) < 4.78 is 27.5. The van der Waals surface area contributed by atoms with Gasteiger partial charge >= 0.3 is 0 Å².